The molecule has 0 aliphatic heterocycles. The third-order valence-corrected chi connectivity index (χ3v) is 8.84. The Labute approximate surface area is 361 Å². The number of rotatable bonds is 26. The molecule has 0 radical (unpaired) electrons. The summed E-state index contributed by atoms with van der Waals surface area (Å²) in [5.41, 5.74) is 11.7. The summed E-state index contributed by atoms with van der Waals surface area (Å²) < 4.78 is 0. The lowest BCUT2D eigenvalue weighted by atomic mass is 10.1. The van der Waals surface area contributed by atoms with Gasteiger partial charge in [-0.05, 0) is 50.5 Å². The number of nitrogens with one attached hydrogen (secondary N) is 9. The average Bonchev–Trinajstić information content (AvgIpc) is 3.21. The molecule has 64 heavy (non-hydrogen) atoms. The average molecular weight is 897 g/mol. The van der Waals surface area contributed by atoms with Crippen molar-refractivity contribution in [2.75, 3.05) is 17.6 Å². The van der Waals surface area contributed by atoms with Gasteiger partial charge >= 0.3 is 17.9 Å². The molecule has 3 aromatic rings. The maximum absolute atomic E-state index is 13.4. The van der Waals surface area contributed by atoms with Gasteiger partial charge < -0.3 is 68.8 Å². The summed E-state index contributed by atoms with van der Waals surface area (Å²) in [5.74, 6) is -9.88. The fraction of sp³-hybridized carbons (Fsp3) is 0.405. The first-order valence-electron chi connectivity index (χ1n) is 19.3. The fourth-order valence-electron chi connectivity index (χ4n) is 5.70. The van der Waals surface area contributed by atoms with Crippen molar-refractivity contribution in [3.63, 3.8) is 0 Å². The number of carbonyl (C=O) groups excluding carboxylic acids is 6. The predicted octanol–water partition coefficient (Wildman–Crippen LogP) is -3.37. The van der Waals surface area contributed by atoms with Crippen LogP contribution < -0.4 is 54.2 Å². The summed E-state index contributed by atoms with van der Waals surface area (Å²) in [7, 11) is 0. The molecule has 0 fully saturated rings. The topological polar surface area (TPSA) is 446 Å². The molecule has 0 saturated heterocycles. The molecule has 0 aliphatic carbocycles. The van der Waals surface area contributed by atoms with Crippen molar-refractivity contribution in [2.45, 2.75) is 88.6 Å². The van der Waals surface area contributed by atoms with E-state index >= 15 is 0 Å². The second-order valence-corrected chi connectivity index (χ2v) is 14.1. The molecule has 0 saturated carbocycles. The summed E-state index contributed by atoms with van der Waals surface area (Å²) in [6.45, 7) is 1.79. The number of nitrogens with two attached hydrogens (primary N) is 2. The van der Waals surface area contributed by atoms with Gasteiger partial charge in [0.15, 0.2) is 17.1 Å². The molecule has 344 valence electrons. The van der Waals surface area contributed by atoms with Crippen molar-refractivity contribution >= 4 is 82.5 Å². The fourth-order valence-corrected chi connectivity index (χ4v) is 5.70. The maximum Gasteiger partial charge on any atom is 0.305 e. The Morgan fingerprint density at radius 2 is 1.41 bits per heavy atom. The minimum atomic E-state index is -1.87. The molecular weight excluding hydrogens is 848 g/mol. The van der Waals surface area contributed by atoms with Crippen molar-refractivity contribution < 1.29 is 58.5 Å². The minimum absolute atomic E-state index is 0.000154. The number of aliphatic carboxylic acids is 3. The third kappa shape index (κ3) is 17.0. The molecule has 1 aromatic carbocycles. The van der Waals surface area contributed by atoms with Crippen LogP contribution in [-0.4, -0.2) is 132 Å². The van der Waals surface area contributed by atoms with E-state index in [0.29, 0.717) is 11.4 Å². The van der Waals surface area contributed by atoms with Crippen molar-refractivity contribution in [3.05, 3.63) is 52.1 Å². The number of nitrogens with zero attached hydrogens (tertiary/aromatic N) is 3. The van der Waals surface area contributed by atoms with E-state index in [1.165, 1.54) is 18.3 Å². The van der Waals surface area contributed by atoms with Crippen LogP contribution in [-0.2, 0) is 44.9 Å². The molecule has 0 aliphatic rings. The number of H-pyrrole nitrogens is 1. The van der Waals surface area contributed by atoms with E-state index in [0.717, 1.165) is 0 Å². The van der Waals surface area contributed by atoms with E-state index in [9.17, 15) is 58.2 Å². The molecule has 3 rings (SSSR count). The first-order valence-corrected chi connectivity index (χ1v) is 19.3. The Morgan fingerprint density at radius 3 is 2.02 bits per heavy atom. The molecule has 0 unspecified atom stereocenters. The van der Waals surface area contributed by atoms with Gasteiger partial charge in [-0.3, -0.25) is 53.5 Å². The van der Waals surface area contributed by atoms with Gasteiger partial charge in [0.05, 0.1) is 43.7 Å². The number of aromatic nitrogens is 4. The normalized spacial score (nSPS) is 13.1. The van der Waals surface area contributed by atoms with Gasteiger partial charge in [0, 0.05) is 30.3 Å². The number of aromatic amines is 1. The summed E-state index contributed by atoms with van der Waals surface area (Å²) >= 11 is 0. The number of hydrogen-bond donors (Lipinski definition) is 14. The van der Waals surface area contributed by atoms with Crippen LogP contribution in [0.15, 0.2) is 35.3 Å². The summed E-state index contributed by atoms with van der Waals surface area (Å²) in [5, 5.41) is 52.2. The number of carboxylic acid groups (broad SMARTS) is 3. The molecule has 2 aromatic heterocycles. The molecule has 5 amide bonds. The number of amides is 5. The molecule has 2 heterocycles. The van der Waals surface area contributed by atoms with Crippen LogP contribution in [0.3, 0.4) is 0 Å². The number of carbonyl (C=O) groups is 9. The van der Waals surface area contributed by atoms with Crippen molar-refractivity contribution in [3.8, 4) is 0 Å². The number of hydrogen-bond acceptors (Lipinski definition) is 16. The highest BCUT2D eigenvalue weighted by Gasteiger charge is 2.32. The zero-order valence-corrected chi connectivity index (χ0v) is 34.1. The largest absolute Gasteiger partial charge is 0.481 e. The third-order valence-electron chi connectivity index (χ3n) is 8.84. The molecular formula is C37H48N14O13. The van der Waals surface area contributed by atoms with Crippen LogP contribution in [0.2, 0.25) is 0 Å². The number of benzene rings is 1. The standard InChI is InChI=1S/C37H48N14O13/c1-17(44-31(60)18-5-7-19(8-6-18)42-14-21-15-43-30-29(45-21)35(64)51-37(40)50-30)4-9-25(53)47-23(12-27(56)57)34(63)48-22(3-2-10-41-36(38)39)32(61)49-24(13-28(58)59)33(62)46-20(16-52)11-26(54)55/h5-8,15-17,20,22-24,42H,2-4,9-14H2,1H3,(H,44,60)(H,46,62)(H,47,53)(H,48,63)(H,49,61)(H,54,55)(H,56,57)(H,58,59)(H4,38,39,41)(H3,40,43,50,51,64)/t17-,20+,22+,23+,24+/m1/s1. The first kappa shape index (κ1) is 50.1. The van der Waals surface area contributed by atoms with E-state index in [4.69, 9.17) is 22.0 Å². The highest BCUT2D eigenvalue weighted by molar-refractivity contribution is 5.97. The van der Waals surface area contributed by atoms with Crippen LogP contribution in [0.1, 0.15) is 67.9 Å². The van der Waals surface area contributed by atoms with Crippen LogP contribution in [0.5, 0.6) is 0 Å². The molecule has 27 heteroatoms. The summed E-state index contributed by atoms with van der Waals surface area (Å²) in [6.07, 6.45) is -1.78. The maximum atomic E-state index is 13.4. The van der Waals surface area contributed by atoms with Gasteiger partial charge in [0.2, 0.25) is 29.6 Å². The van der Waals surface area contributed by atoms with E-state index in [1.54, 1.807) is 19.1 Å². The Bertz CT molecular complexity index is 2290. The van der Waals surface area contributed by atoms with Gasteiger partial charge in [-0.2, -0.15) is 4.98 Å². The van der Waals surface area contributed by atoms with Crippen LogP contribution in [0.25, 0.3) is 11.2 Å². The van der Waals surface area contributed by atoms with Crippen molar-refractivity contribution in [1.82, 2.24) is 51.8 Å². The number of nitrogen functional groups attached to an aromatic ring is 1. The number of aldehydes is 1. The Hall–Kier alpha value is -8.26. The number of anilines is 2. The van der Waals surface area contributed by atoms with Crippen molar-refractivity contribution in [2.24, 2.45) is 5.73 Å². The highest BCUT2D eigenvalue weighted by atomic mass is 16.4. The molecule has 5 atom stereocenters. The Balaban J connectivity index is 1.60. The molecule has 27 nitrogen and oxygen atoms in total. The molecule has 0 bridgehead atoms. The van der Waals surface area contributed by atoms with Gasteiger partial charge in [-0.15, -0.1) is 0 Å². The second-order valence-electron chi connectivity index (χ2n) is 14.1. The Morgan fingerprint density at radius 1 is 0.812 bits per heavy atom. The quantitative estimate of drug-likeness (QED) is 0.0162. The van der Waals surface area contributed by atoms with Crippen LogP contribution in [0.4, 0.5) is 11.6 Å². The highest BCUT2D eigenvalue weighted by Crippen LogP contribution is 2.13. The van der Waals surface area contributed by atoms with Gasteiger partial charge in [0.1, 0.15) is 24.4 Å². The summed E-state index contributed by atoms with van der Waals surface area (Å²) in [6, 6.07) is -1.06. The zero-order chi connectivity index (χ0) is 47.5. The number of guanidine groups is 1. The second kappa shape index (κ2) is 24.3. The van der Waals surface area contributed by atoms with Gasteiger partial charge in [0.25, 0.3) is 11.5 Å². The predicted molar refractivity (Wildman–Crippen MR) is 222 cm³/mol. The Kier molecular flexibility index (Phi) is 19.0. The zero-order valence-electron chi connectivity index (χ0n) is 34.1. The molecule has 0 spiro atoms. The van der Waals surface area contributed by atoms with Crippen LogP contribution in [0, 0.1) is 5.41 Å². The van der Waals surface area contributed by atoms with Gasteiger partial charge in [-0.1, -0.05) is 0 Å². The SMILES string of the molecule is C[C@H](CCC(=O)N[C@@H](CC(=O)O)C(=O)N[C@@H](CCCNC(=N)N)C(=O)N[C@@H](CC(=O)O)C(=O)N[C@H](C=O)CC(=O)O)NC(=O)c1ccc(NCc2cnc3nc(N)[nH]c(=O)c3n2)cc1. The van der Waals surface area contributed by atoms with E-state index < -0.39 is 108 Å². The van der Waals surface area contributed by atoms with E-state index in [2.05, 4.69) is 51.8 Å². The van der Waals surface area contributed by atoms with Gasteiger partial charge in [-0.25, -0.2) is 9.97 Å². The van der Waals surface area contributed by atoms with E-state index in [-0.39, 0.29) is 67.7 Å². The summed E-state index contributed by atoms with van der Waals surface area (Å²) in [4.78, 5) is 138. The lowest BCUT2D eigenvalue weighted by Crippen LogP contribution is -2.58. The van der Waals surface area contributed by atoms with E-state index in [1.807, 2.05) is 5.32 Å². The first-order chi connectivity index (χ1) is 30.2. The minimum Gasteiger partial charge on any atom is -0.481 e. The number of fused-ring (bicyclic) bond motifs is 1. The number of carboxylic acids is 3. The lowest BCUT2D eigenvalue weighted by molar-refractivity contribution is -0.142. The smallest absolute Gasteiger partial charge is 0.305 e. The van der Waals surface area contributed by atoms with Crippen molar-refractivity contribution in [1.29, 1.82) is 5.41 Å². The van der Waals surface area contributed by atoms with Crippen LogP contribution >= 0.6 is 0 Å². The molecule has 16 N–H and O–H groups in total. The monoisotopic (exact) mass is 896 g/mol. The lowest BCUT2D eigenvalue weighted by Gasteiger charge is -2.25.